The molecule has 1 atom stereocenters. The first-order valence-electron chi connectivity index (χ1n) is 9.09. The van der Waals surface area contributed by atoms with Crippen molar-refractivity contribution in [1.82, 2.24) is 20.4 Å². The van der Waals surface area contributed by atoms with E-state index in [0.717, 1.165) is 37.2 Å². The van der Waals surface area contributed by atoms with Gasteiger partial charge in [-0.1, -0.05) is 23.4 Å². The number of nitrogens with one attached hydrogen (secondary N) is 1. The zero-order chi connectivity index (χ0) is 17.6. The van der Waals surface area contributed by atoms with Crippen molar-refractivity contribution in [2.75, 3.05) is 13.1 Å². The summed E-state index contributed by atoms with van der Waals surface area (Å²) in [5.41, 5.74) is 0.822. The Morgan fingerprint density at radius 2 is 1.96 bits per heavy atom. The first-order valence-corrected chi connectivity index (χ1v) is 9.09. The van der Waals surface area contributed by atoms with Gasteiger partial charge in [-0.3, -0.25) is 0 Å². The molecule has 27 heavy (non-hydrogen) atoms. The SMILES string of the molecule is Cl.c1ccc(Oc2ccc(-c3noc(CC4CCCNCC4)n3)cn2)cc1. The fourth-order valence-corrected chi connectivity index (χ4v) is 3.18. The number of benzene rings is 1. The van der Waals surface area contributed by atoms with E-state index in [1.165, 1.54) is 12.8 Å². The van der Waals surface area contributed by atoms with Crippen LogP contribution in [0.3, 0.4) is 0 Å². The summed E-state index contributed by atoms with van der Waals surface area (Å²) in [5.74, 6) is 3.18. The minimum absolute atomic E-state index is 0. The quantitative estimate of drug-likeness (QED) is 0.705. The van der Waals surface area contributed by atoms with Crippen LogP contribution in [0.4, 0.5) is 0 Å². The van der Waals surface area contributed by atoms with Crippen LogP contribution in [0.2, 0.25) is 0 Å². The van der Waals surface area contributed by atoms with E-state index >= 15 is 0 Å². The Hall–Kier alpha value is -2.44. The summed E-state index contributed by atoms with van der Waals surface area (Å²) >= 11 is 0. The number of aromatic nitrogens is 3. The maximum absolute atomic E-state index is 5.71. The van der Waals surface area contributed by atoms with E-state index < -0.39 is 0 Å². The zero-order valence-electron chi connectivity index (χ0n) is 15.0. The van der Waals surface area contributed by atoms with Gasteiger partial charge in [-0.2, -0.15) is 4.98 Å². The second-order valence-corrected chi connectivity index (χ2v) is 6.56. The van der Waals surface area contributed by atoms with E-state index in [9.17, 15) is 0 Å². The maximum Gasteiger partial charge on any atom is 0.227 e. The molecule has 1 unspecified atom stereocenters. The van der Waals surface area contributed by atoms with Crippen molar-refractivity contribution in [1.29, 1.82) is 0 Å². The molecule has 4 rings (SSSR count). The molecule has 3 heterocycles. The first kappa shape index (κ1) is 19.3. The van der Waals surface area contributed by atoms with Crippen LogP contribution in [-0.4, -0.2) is 28.2 Å². The van der Waals surface area contributed by atoms with Crippen LogP contribution in [0.5, 0.6) is 11.6 Å². The molecule has 1 saturated heterocycles. The number of rotatable bonds is 5. The molecule has 0 radical (unpaired) electrons. The molecule has 1 aliphatic heterocycles. The Bertz CT molecular complexity index is 816. The molecule has 1 aromatic carbocycles. The van der Waals surface area contributed by atoms with Gasteiger partial charge in [-0.05, 0) is 56.5 Å². The first-order chi connectivity index (χ1) is 12.9. The van der Waals surface area contributed by atoms with Gasteiger partial charge in [-0.25, -0.2) is 4.98 Å². The van der Waals surface area contributed by atoms with Gasteiger partial charge in [-0.15, -0.1) is 12.4 Å². The van der Waals surface area contributed by atoms with E-state index in [1.54, 1.807) is 6.20 Å². The standard InChI is InChI=1S/C20H22N4O2.ClH/c1-2-6-17(7-3-1)25-18-9-8-16(14-22-18)20-23-19(26-24-20)13-15-5-4-11-21-12-10-15;/h1-3,6-9,14-15,21H,4-5,10-13H2;1H. The van der Waals surface area contributed by atoms with Crippen molar-refractivity contribution in [2.45, 2.75) is 25.7 Å². The predicted octanol–water partition coefficient (Wildman–Crippen LogP) is 4.28. The third-order valence-corrected chi connectivity index (χ3v) is 4.59. The van der Waals surface area contributed by atoms with Crippen LogP contribution < -0.4 is 10.1 Å². The Balaban J connectivity index is 0.00000210. The van der Waals surface area contributed by atoms with Crippen LogP contribution in [0.15, 0.2) is 53.2 Å². The molecule has 0 amide bonds. The fourth-order valence-electron chi connectivity index (χ4n) is 3.18. The third kappa shape index (κ3) is 5.28. The predicted molar refractivity (Wildman–Crippen MR) is 105 cm³/mol. The van der Waals surface area contributed by atoms with Crippen LogP contribution in [0, 0.1) is 5.92 Å². The summed E-state index contributed by atoms with van der Waals surface area (Å²) in [4.78, 5) is 8.88. The molecule has 0 saturated carbocycles. The van der Waals surface area contributed by atoms with Crippen molar-refractivity contribution in [3.05, 3.63) is 54.6 Å². The highest BCUT2D eigenvalue weighted by Crippen LogP contribution is 2.23. The molecule has 142 valence electrons. The normalized spacial score (nSPS) is 17.0. The highest BCUT2D eigenvalue weighted by molar-refractivity contribution is 5.85. The highest BCUT2D eigenvalue weighted by atomic mass is 35.5. The number of hydrogen-bond donors (Lipinski definition) is 1. The second-order valence-electron chi connectivity index (χ2n) is 6.56. The lowest BCUT2D eigenvalue weighted by atomic mass is 9.97. The van der Waals surface area contributed by atoms with E-state index in [-0.39, 0.29) is 12.4 Å². The summed E-state index contributed by atoms with van der Waals surface area (Å²) in [6, 6.07) is 13.3. The van der Waals surface area contributed by atoms with Crippen LogP contribution in [0.25, 0.3) is 11.4 Å². The van der Waals surface area contributed by atoms with Gasteiger partial charge in [0.25, 0.3) is 0 Å². The fraction of sp³-hybridized carbons (Fsp3) is 0.350. The van der Waals surface area contributed by atoms with Gasteiger partial charge < -0.3 is 14.6 Å². The average molecular weight is 387 g/mol. The molecular weight excluding hydrogens is 364 g/mol. The Kier molecular flexibility index (Phi) is 6.79. The van der Waals surface area contributed by atoms with Crippen molar-refractivity contribution in [3.8, 4) is 23.0 Å². The molecule has 0 spiro atoms. The summed E-state index contributed by atoms with van der Waals surface area (Å²) in [6.45, 7) is 2.17. The molecule has 0 bridgehead atoms. The van der Waals surface area contributed by atoms with E-state index in [2.05, 4.69) is 20.4 Å². The lowest BCUT2D eigenvalue weighted by molar-refractivity contribution is 0.341. The van der Waals surface area contributed by atoms with Crippen LogP contribution in [-0.2, 0) is 6.42 Å². The molecule has 1 N–H and O–H groups in total. The highest BCUT2D eigenvalue weighted by Gasteiger charge is 2.17. The summed E-state index contributed by atoms with van der Waals surface area (Å²) in [6.07, 6.45) is 6.13. The molecule has 3 aromatic rings. The number of nitrogens with zero attached hydrogens (tertiary/aromatic N) is 3. The Morgan fingerprint density at radius 1 is 1.07 bits per heavy atom. The topological polar surface area (TPSA) is 73.1 Å². The van der Waals surface area contributed by atoms with Crippen LogP contribution in [0.1, 0.15) is 25.2 Å². The lowest BCUT2D eigenvalue weighted by Crippen LogP contribution is -2.14. The van der Waals surface area contributed by atoms with E-state index in [0.29, 0.717) is 23.5 Å². The van der Waals surface area contributed by atoms with Crippen molar-refractivity contribution < 1.29 is 9.26 Å². The third-order valence-electron chi connectivity index (χ3n) is 4.59. The molecule has 7 heteroatoms. The van der Waals surface area contributed by atoms with Gasteiger partial charge in [0, 0.05) is 24.2 Å². The minimum Gasteiger partial charge on any atom is -0.439 e. The van der Waals surface area contributed by atoms with Gasteiger partial charge in [0.1, 0.15) is 5.75 Å². The number of ether oxygens (including phenoxy) is 1. The van der Waals surface area contributed by atoms with Gasteiger partial charge in [0.2, 0.25) is 17.6 Å². The summed E-state index contributed by atoms with van der Waals surface area (Å²) in [5, 5.41) is 7.54. The smallest absolute Gasteiger partial charge is 0.227 e. The van der Waals surface area contributed by atoms with E-state index in [4.69, 9.17) is 9.26 Å². The minimum atomic E-state index is 0. The number of hydrogen-bond acceptors (Lipinski definition) is 6. The summed E-state index contributed by atoms with van der Waals surface area (Å²) in [7, 11) is 0. The molecule has 6 nitrogen and oxygen atoms in total. The second kappa shape index (κ2) is 9.48. The molecule has 2 aromatic heterocycles. The number of para-hydroxylation sites is 1. The average Bonchev–Trinajstić information content (AvgIpc) is 2.99. The van der Waals surface area contributed by atoms with Crippen LogP contribution >= 0.6 is 12.4 Å². The molecular formula is C20H23ClN4O2. The zero-order valence-corrected chi connectivity index (χ0v) is 15.8. The van der Waals surface area contributed by atoms with Crippen molar-refractivity contribution in [2.24, 2.45) is 5.92 Å². The Morgan fingerprint density at radius 3 is 2.78 bits per heavy atom. The number of pyridine rings is 1. The summed E-state index contributed by atoms with van der Waals surface area (Å²) < 4.78 is 11.2. The van der Waals surface area contributed by atoms with E-state index in [1.807, 2.05) is 42.5 Å². The molecule has 1 aliphatic rings. The Labute approximate surface area is 164 Å². The van der Waals surface area contributed by atoms with Gasteiger partial charge >= 0.3 is 0 Å². The van der Waals surface area contributed by atoms with Crippen molar-refractivity contribution >= 4 is 12.4 Å². The monoisotopic (exact) mass is 386 g/mol. The number of halogens is 1. The molecule has 0 aliphatic carbocycles. The van der Waals surface area contributed by atoms with Gasteiger partial charge in [0.05, 0.1) is 0 Å². The molecule has 1 fully saturated rings. The largest absolute Gasteiger partial charge is 0.439 e. The maximum atomic E-state index is 5.71. The lowest BCUT2D eigenvalue weighted by Gasteiger charge is -2.09. The van der Waals surface area contributed by atoms with Crippen molar-refractivity contribution in [3.63, 3.8) is 0 Å². The van der Waals surface area contributed by atoms with Gasteiger partial charge in [0.15, 0.2) is 0 Å².